The maximum Gasteiger partial charge on any atom is 0.236 e. The molecule has 0 bridgehead atoms. The van der Waals surface area contributed by atoms with Crippen LogP contribution in [-0.4, -0.2) is 15.5 Å². The largest absolute Gasteiger partial charge is 0.399 e. The zero-order valence-corrected chi connectivity index (χ0v) is 11.5. The van der Waals surface area contributed by atoms with Gasteiger partial charge in [0.1, 0.15) is 6.33 Å². The lowest BCUT2D eigenvalue weighted by Crippen LogP contribution is -2.21. The van der Waals surface area contributed by atoms with E-state index >= 15 is 0 Å². The average molecular weight is 277 g/mol. The Balaban J connectivity index is 1.69. The number of carbonyl (C=O) groups excluding carboxylic acids is 1. The fourth-order valence-corrected chi connectivity index (χ4v) is 3.14. The molecule has 21 heavy (non-hydrogen) atoms. The number of nitrogen functional groups attached to an aromatic ring is 1. The first-order chi connectivity index (χ1) is 10.2. The second kappa shape index (κ2) is 4.45. The highest BCUT2D eigenvalue weighted by Crippen LogP contribution is 2.28. The molecule has 1 aromatic heterocycles. The molecule has 0 aliphatic heterocycles. The molecule has 1 heterocycles. The number of aromatic nitrogens is 2. The first-order valence-corrected chi connectivity index (χ1v) is 7.06. The van der Waals surface area contributed by atoms with Crippen LogP contribution in [0.2, 0.25) is 0 Å². The molecule has 2 N–H and O–H groups in total. The summed E-state index contributed by atoms with van der Waals surface area (Å²) < 4.78 is 1.66. The summed E-state index contributed by atoms with van der Waals surface area (Å²) in [5.41, 5.74) is 10.6. The van der Waals surface area contributed by atoms with E-state index < -0.39 is 0 Å². The van der Waals surface area contributed by atoms with Crippen LogP contribution in [-0.2, 0) is 12.8 Å². The fourth-order valence-electron chi connectivity index (χ4n) is 3.14. The Labute approximate surface area is 122 Å². The van der Waals surface area contributed by atoms with Gasteiger partial charge in [-0.1, -0.05) is 24.3 Å². The maximum atomic E-state index is 12.8. The molecule has 0 spiro atoms. The van der Waals surface area contributed by atoms with E-state index in [0.717, 1.165) is 23.9 Å². The number of hydrogen-bond donors (Lipinski definition) is 1. The molecule has 2 aromatic carbocycles. The second-order valence-electron chi connectivity index (χ2n) is 5.57. The summed E-state index contributed by atoms with van der Waals surface area (Å²) in [7, 11) is 0. The molecule has 3 aromatic rings. The van der Waals surface area contributed by atoms with Crippen LogP contribution in [0.4, 0.5) is 5.69 Å². The zero-order valence-electron chi connectivity index (χ0n) is 11.5. The molecule has 0 saturated heterocycles. The molecule has 4 heteroatoms. The van der Waals surface area contributed by atoms with Crippen molar-refractivity contribution in [2.75, 3.05) is 5.73 Å². The topological polar surface area (TPSA) is 60.9 Å². The van der Waals surface area contributed by atoms with Gasteiger partial charge in [0.15, 0.2) is 0 Å². The summed E-state index contributed by atoms with van der Waals surface area (Å²) in [6, 6.07) is 13.7. The highest BCUT2D eigenvalue weighted by atomic mass is 16.2. The first kappa shape index (κ1) is 12.1. The Morgan fingerprint density at radius 2 is 1.86 bits per heavy atom. The molecule has 0 amide bonds. The molecule has 4 rings (SSSR count). The Hall–Kier alpha value is -2.62. The van der Waals surface area contributed by atoms with Crippen molar-refractivity contribution in [2.45, 2.75) is 12.8 Å². The van der Waals surface area contributed by atoms with Crippen LogP contribution in [0.5, 0.6) is 0 Å². The van der Waals surface area contributed by atoms with Crippen LogP contribution in [0, 0.1) is 5.92 Å². The monoisotopic (exact) mass is 277 g/mol. The number of nitrogens with zero attached hydrogens (tertiary/aromatic N) is 2. The van der Waals surface area contributed by atoms with Gasteiger partial charge in [0.25, 0.3) is 0 Å². The number of rotatable bonds is 1. The van der Waals surface area contributed by atoms with Crippen LogP contribution in [0.15, 0.2) is 48.8 Å². The molecule has 1 aliphatic carbocycles. The molecule has 0 saturated carbocycles. The van der Waals surface area contributed by atoms with Gasteiger partial charge in [-0.3, -0.25) is 9.36 Å². The number of benzene rings is 2. The van der Waals surface area contributed by atoms with Gasteiger partial charge in [0.05, 0.1) is 11.0 Å². The van der Waals surface area contributed by atoms with E-state index in [4.69, 9.17) is 5.73 Å². The smallest absolute Gasteiger partial charge is 0.236 e. The minimum Gasteiger partial charge on any atom is -0.399 e. The van der Waals surface area contributed by atoms with E-state index in [-0.39, 0.29) is 11.8 Å². The fraction of sp³-hybridized carbons (Fsp3) is 0.176. The highest BCUT2D eigenvalue weighted by Gasteiger charge is 2.28. The maximum absolute atomic E-state index is 12.8. The number of hydrogen-bond acceptors (Lipinski definition) is 3. The third-order valence-electron chi connectivity index (χ3n) is 4.21. The summed E-state index contributed by atoms with van der Waals surface area (Å²) in [6.45, 7) is 0. The molecule has 1 aliphatic rings. The van der Waals surface area contributed by atoms with Crippen LogP contribution in [0.1, 0.15) is 15.9 Å². The molecular weight excluding hydrogens is 262 g/mol. The summed E-state index contributed by atoms with van der Waals surface area (Å²) >= 11 is 0. The normalized spacial score (nSPS) is 14.5. The number of imidazole rings is 1. The summed E-state index contributed by atoms with van der Waals surface area (Å²) in [4.78, 5) is 17.1. The SMILES string of the molecule is Nc1ccc2c(c1)ncn2C(=O)C1Cc2ccccc2C1. The van der Waals surface area contributed by atoms with Gasteiger partial charge in [-0.25, -0.2) is 4.98 Å². The summed E-state index contributed by atoms with van der Waals surface area (Å²) in [5, 5.41) is 0. The van der Waals surface area contributed by atoms with Crippen LogP contribution < -0.4 is 5.73 Å². The average Bonchev–Trinajstić information content (AvgIpc) is 3.09. The van der Waals surface area contributed by atoms with E-state index in [1.807, 2.05) is 18.2 Å². The van der Waals surface area contributed by atoms with Gasteiger partial charge in [0.2, 0.25) is 5.91 Å². The van der Waals surface area contributed by atoms with E-state index in [9.17, 15) is 4.79 Å². The standard InChI is InChI=1S/C17H15N3O/c18-14-5-6-16-15(9-14)19-10-20(16)17(21)13-7-11-3-1-2-4-12(11)8-13/h1-6,9-10,13H,7-8,18H2. The summed E-state index contributed by atoms with van der Waals surface area (Å²) in [6.07, 6.45) is 3.22. The van der Waals surface area contributed by atoms with Gasteiger partial charge >= 0.3 is 0 Å². The van der Waals surface area contributed by atoms with Gasteiger partial charge < -0.3 is 5.73 Å². The molecule has 0 radical (unpaired) electrons. The van der Waals surface area contributed by atoms with Crippen molar-refractivity contribution in [3.63, 3.8) is 0 Å². The molecule has 104 valence electrons. The van der Waals surface area contributed by atoms with Crippen LogP contribution in [0.25, 0.3) is 11.0 Å². The van der Waals surface area contributed by atoms with Crippen molar-refractivity contribution in [2.24, 2.45) is 5.92 Å². The quantitative estimate of drug-likeness (QED) is 0.696. The number of carbonyl (C=O) groups is 1. The number of nitrogens with two attached hydrogens (primary N) is 1. The Morgan fingerprint density at radius 3 is 2.57 bits per heavy atom. The predicted octanol–water partition coefficient (Wildman–Crippen LogP) is 2.67. The van der Waals surface area contributed by atoms with Crippen molar-refractivity contribution < 1.29 is 4.79 Å². The predicted molar refractivity (Wildman–Crippen MR) is 82.1 cm³/mol. The lowest BCUT2D eigenvalue weighted by atomic mass is 10.1. The van der Waals surface area contributed by atoms with Gasteiger partial charge in [-0.05, 0) is 42.2 Å². The molecular formula is C17H15N3O. The van der Waals surface area contributed by atoms with Crippen molar-refractivity contribution in [3.8, 4) is 0 Å². The van der Waals surface area contributed by atoms with E-state index in [0.29, 0.717) is 5.69 Å². The van der Waals surface area contributed by atoms with Crippen molar-refractivity contribution in [1.29, 1.82) is 0 Å². The number of anilines is 1. The second-order valence-corrected chi connectivity index (χ2v) is 5.57. The summed E-state index contributed by atoms with van der Waals surface area (Å²) in [5.74, 6) is 0.107. The van der Waals surface area contributed by atoms with Crippen LogP contribution in [0.3, 0.4) is 0 Å². The molecule has 0 fully saturated rings. The molecule has 0 atom stereocenters. The van der Waals surface area contributed by atoms with Crippen molar-refractivity contribution >= 4 is 22.6 Å². The van der Waals surface area contributed by atoms with Gasteiger partial charge in [0, 0.05) is 11.6 Å². The number of fused-ring (bicyclic) bond motifs is 2. The third-order valence-corrected chi connectivity index (χ3v) is 4.21. The molecule has 4 nitrogen and oxygen atoms in total. The highest BCUT2D eigenvalue weighted by molar-refractivity contribution is 5.93. The Morgan fingerprint density at radius 1 is 1.14 bits per heavy atom. The van der Waals surface area contributed by atoms with Gasteiger partial charge in [-0.15, -0.1) is 0 Å². The lowest BCUT2D eigenvalue weighted by Gasteiger charge is -2.09. The van der Waals surface area contributed by atoms with E-state index in [1.165, 1.54) is 11.1 Å². The first-order valence-electron chi connectivity index (χ1n) is 7.06. The van der Waals surface area contributed by atoms with E-state index in [1.54, 1.807) is 23.0 Å². The minimum atomic E-state index is -0.00245. The van der Waals surface area contributed by atoms with Crippen LogP contribution >= 0.6 is 0 Å². The Bertz CT molecular complexity index is 825. The van der Waals surface area contributed by atoms with Crippen molar-refractivity contribution in [1.82, 2.24) is 9.55 Å². The zero-order chi connectivity index (χ0) is 14.4. The lowest BCUT2D eigenvalue weighted by molar-refractivity contribution is 0.0844. The third kappa shape index (κ3) is 1.91. The van der Waals surface area contributed by atoms with Gasteiger partial charge in [-0.2, -0.15) is 0 Å². The van der Waals surface area contributed by atoms with Crippen molar-refractivity contribution in [3.05, 3.63) is 59.9 Å². The van der Waals surface area contributed by atoms with E-state index in [2.05, 4.69) is 17.1 Å². The molecule has 0 unspecified atom stereocenters. The Kier molecular flexibility index (Phi) is 2.57. The minimum absolute atomic E-state index is 0.00245.